The first kappa shape index (κ1) is 21.7. The molecule has 0 radical (unpaired) electrons. The summed E-state index contributed by atoms with van der Waals surface area (Å²) in [5, 5.41) is 11.6. The molecule has 2 heterocycles. The summed E-state index contributed by atoms with van der Waals surface area (Å²) in [7, 11) is 2.03. The van der Waals surface area contributed by atoms with Crippen molar-refractivity contribution < 1.29 is 4.74 Å². The zero-order chi connectivity index (χ0) is 19.9. The quantitative estimate of drug-likeness (QED) is 0.532. The highest BCUT2D eigenvalue weighted by atomic mass is 16.5. The van der Waals surface area contributed by atoms with Crippen molar-refractivity contribution in [1.82, 2.24) is 25.3 Å². The number of nitrogens with one attached hydrogen (secondary N) is 2. The summed E-state index contributed by atoms with van der Waals surface area (Å²) in [6, 6.07) is 0. The summed E-state index contributed by atoms with van der Waals surface area (Å²) in [4.78, 5) is 7.35. The fourth-order valence-corrected chi connectivity index (χ4v) is 3.65. The number of rotatable bonds is 8. The molecule has 0 aromatic carbocycles. The van der Waals surface area contributed by atoms with E-state index in [2.05, 4.69) is 55.3 Å². The molecule has 7 heteroatoms. The van der Waals surface area contributed by atoms with Crippen LogP contribution in [0.4, 0.5) is 0 Å². The Kier molecular flexibility index (Phi) is 8.10. The summed E-state index contributed by atoms with van der Waals surface area (Å²) in [6.07, 6.45) is 1.91. The van der Waals surface area contributed by atoms with Crippen LogP contribution in [0.2, 0.25) is 0 Å². The summed E-state index contributed by atoms with van der Waals surface area (Å²) in [6.45, 7) is 16.9. The third kappa shape index (κ3) is 5.69. The van der Waals surface area contributed by atoms with Gasteiger partial charge in [0.1, 0.15) is 0 Å². The minimum atomic E-state index is 0.0530. The molecule has 0 bridgehead atoms. The third-order valence-electron chi connectivity index (χ3n) is 5.32. The Labute approximate surface area is 164 Å². The highest BCUT2D eigenvalue weighted by Gasteiger charge is 2.28. The van der Waals surface area contributed by atoms with E-state index in [1.807, 2.05) is 11.7 Å². The van der Waals surface area contributed by atoms with Crippen LogP contribution in [-0.2, 0) is 31.2 Å². The van der Waals surface area contributed by atoms with E-state index < -0.39 is 0 Å². The third-order valence-corrected chi connectivity index (χ3v) is 5.32. The molecule has 7 nitrogen and oxygen atoms in total. The normalized spacial score (nSPS) is 16.6. The number of aliphatic imine (C=N–C) groups is 1. The van der Waals surface area contributed by atoms with Gasteiger partial charge in [0.2, 0.25) is 0 Å². The van der Waals surface area contributed by atoms with Crippen LogP contribution in [0, 0.1) is 0 Å². The van der Waals surface area contributed by atoms with Gasteiger partial charge in [-0.25, -0.2) is 4.99 Å². The molecule has 0 saturated carbocycles. The Morgan fingerprint density at radius 3 is 2.44 bits per heavy atom. The lowest BCUT2D eigenvalue weighted by Crippen LogP contribution is -2.56. The summed E-state index contributed by atoms with van der Waals surface area (Å²) < 4.78 is 7.49. The Balaban J connectivity index is 2.06. The van der Waals surface area contributed by atoms with Crippen molar-refractivity contribution in [2.75, 3.05) is 39.4 Å². The van der Waals surface area contributed by atoms with Gasteiger partial charge in [0.25, 0.3) is 0 Å². The second kappa shape index (κ2) is 10.1. The van der Waals surface area contributed by atoms with E-state index in [0.29, 0.717) is 6.54 Å². The molecule has 1 fully saturated rings. The molecule has 1 saturated heterocycles. The number of nitrogens with zero attached hydrogens (tertiary/aromatic N) is 4. The predicted molar refractivity (Wildman–Crippen MR) is 111 cm³/mol. The molecule has 0 amide bonds. The lowest BCUT2D eigenvalue weighted by atomic mass is 10.0. The van der Waals surface area contributed by atoms with Gasteiger partial charge in [-0.3, -0.25) is 9.58 Å². The Bertz CT molecular complexity index is 616. The molecule has 154 valence electrons. The fraction of sp³-hybridized carbons (Fsp3) is 0.800. The van der Waals surface area contributed by atoms with Crippen molar-refractivity contribution in [3.63, 3.8) is 0 Å². The van der Waals surface area contributed by atoms with Gasteiger partial charge < -0.3 is 15.4 Å². The van der Waals surface area contributed by atoms with Crippen molar-refractivity contribution in [3.8, 4) is 0 Å². The number of morpholine rings is 1. The van der Waals surface area contributed by atoms with E-state index in [1.54, 1.807) is 0 Å². The molecule has 1 aromatic heterocycles. The van der Waals surface area contributed by atoms with Crippen LogP contribution < -0.4 is 10.6 Å². The zero-order valence-electron chi connectivity index (χ0n) is 18.1. The molecule has 1 aliphatic rings. The van der Waals surface area contributed by atoms with Gasteiger partial charge in [-0.15, -0.1) is 0 Å². The Morgan fingerprint density at radius 1 is 1.15 bits per heavy atom. The summed E-state index contributed by atoms with van der Waals surface area (Å²) in [5.41, 5.74) is 3.76. The second-order valence-corrected chi connectivity index (χ2v) is 7.66. The highest BCUT2D eigenvalue weighted by molar-refractivity contribution is 5.79. The number of guanidine groups is 1. The van der Waals surface area contributed by atoms with Crippen molar-refractivity contribution in [2.24, 2.45) is 12.0 Å². The monoisotopic (exact) mass is 378 g/mol. The lowest BCUT2D eigenvalue weighted by Gasteiger charge is -2.41. The van der Waals surface area contributed by atoms with E-state index in [0.717, 1.165) is 63.9 Å². The number of hydrogen-bond acceptors (Lipinski definition) is 4. The topological polar surface area (TPSA) is 66.7 Å². The average Bonchev–Trinajstić information content (AvgIpc) is 2.99. The van der Waals surface area contributed by atoms with E-state index in [9.17, 15) is 0 Å². The maximum Gasteiger partial charge on any atom is 0.191 e. The predicted octanol–water partition coefficient (Wildman–Crippen LogP) is 1.71. The minimum absolute atomic E-state index is 0.0530. The van der Waals surface area contributed by atoms with Crippen LogP contribution in [0.3, 0.4) is 0 Å². The maximum atomic E-state index is 5.49. The van der Waals surface area contributed by atoms with Gasteiger partial charge in [-0.1, -0.05) is 13.8 Å². The smallest absolute Gasteiger partial charge is 0.191 e. The van der Waals surface area contributed by atoms with Gasteiger partial charge in [0.05, 0.1) is 25.5 Å². The van der Waals surface area contributed by atoms with E-state index in [4.69, 9.17) is 9.73 Å². The standard InChI is InChI=1S/C20H38N6O/c1-7-17-16(18(8-2)25(6)24-17)14-22-19(21-9-3)23-15-20(4,5)26-10-12-27-13-11-26/h7-15H2,1-6H3,(H2,21,22,23). The number of hydrogen-bond donors (Lipinski definition) is 2. The molecule has 27 heavy (non-hydrogen) atoms. The van der Waals surface area contributed by atoms with E-state index >= 15 is 0 Å². The van der Waals surface area contributed by atoms with Crippen molar-refractivity contribution in [1.29, 1.82) is 0 Å². The highest BCUT2D eigenvalue weighted by Crippen LogP contribution is 2.17. The molecule has 1 aromatic rings. The van der Waals surface area contributed by atoms with Crippen LogP contribution in [0.5, 0.6) is 0 Å². The summed E-state index contributed by atoms with van der Waals surface area (Å²) in [5.74, 6) is 0.867. The van der Waals surface area contributed by atoms with Crippen molar-refractivity contribution >= 4 is 5.96 Å². The lowest BCUT2D eigenvalue weighted by molar-refractivity contribution is -0.00834. The van der Waals surface area contributed by atoms with Crippen molar-refractivity contribution in [2.45, 2.75) is 59.5 Å². The van der Waals surface area contributed by atoms with E-state index in [-0.39, 0.29) is 5.54 Å². The molecule has 0 unspecified atom stereocenters. The molecule has 0 spiro atoms. The van der Waals surface area contributed by atoms with Gasteiger partial charge in [0, 0.05) is 50.0 Å². The molecule has 2 N–H and O–H groups in total. The van der Waals surface area contributed by atoms with Crippen LogP contribution in [0.1, 0.15) is 51.6 Å². The van der Waals surface area contributed by atoms with Gasteiger partial charge >= 0.3 is 0 Å². The van der Waals surface area contributed by atoms with Crippen LogP contribution >= 0.6 is 0 Å². The molecule has 0 atom stereocenters. The zero-order valence-corrected chi connectivity index (χ0v) is 18.1. The molecular weight excluding hydrogens is 340 g/mol. The maximum absolute atomic E-state index is 5.49. The Hall–Kier alpha value is -1.60. The average molecular weight is 379 g/mol. The first-order valence-corrected chi connectivity index (χ1v) is 10.3. The van der Waals surface area contributed by atoms with E-state index in [1.165, 1.54) is 11.3 Å². The summed E-state index contributed by atoms with van der Waals surface area (Å²) >= 11 is 0. The van der Waals surface area contributed by atoms with Crippen LogP contribution in [0.15, 0.2) is 4.99 Å². The molecular formula is C20H38N6O. The molecule has 1 aliphatic heterocycles. The van der Waals surface area contributed by atoms with Gasteiger partial charge in [-0.2, -0.15) is 5.10 Å². The largest absolute Gasteiger partial charge is 0.379 e. The SMILES string of the molecule is CCNC(=NCc1c(CC)nn(C)c1CC)NCC(C)(C)N1CCOCC1. The number of aryl methyl sites for hydroxylation is 2. The number of ether oxygens (including phenoxy) is 1. The molecule has 0 aliphatic carbocycles. The Morgan fingerprint density at radius 2 is 1.85 bits per heavy atom. The first-order valence-electron chi connectivity index (χ1n) is 10.3. The van der Waals surface area contributed by atoms with Crippen LogP contribution in [0.25, 0.3) is 0 Å². The van der Waals surface area contributed by atoms with Gasteiger partial charge in [0.15, 0.2) is 5.96 Å². The number of aromatic nitrogens is 2. The fourth-order valence-electron chi connectivity index (χ4n) is 3.65. The first-order chi connectivity index (χ1) is 12.9. The minimum Gasteiger partial charge on any atom is -0.379 e. The molecule has 2 rings (SSSR count). The van der Waals surface area contributed by atoms with Gasteiger partial charge in [-0.05, 0) is 33.6 Å². The second-order valence-electron chi connectivity index (χ2n) is 7.66. The van der Waals surface area contributed by atoms with Crippen molar-refractivity contribution in [3.05, 3.63) is 17.0 Å². The van der Waals surface area contributed by atoms with Crippen LogP contribution in [-0.4, -0.2) is 65.6 Å².